The minimum absolute atomic E-state index is 0.102. The van der Waals surface area contributed by atoms with Crippen LogP contribution in [0.15, 0.2) is 36.4 Å². The zero-order valence-corrected chi connectivity index (χ0v) is 15.3. The summed E-state index contributed by atoms with van der Waals surface area (Å²) in [6.45, 7) is 0. The molecule has 0 unspecified atom stereocenters. The SMILES string of the molecule is CNc1cc(N)ccc1C(=N)Br.O=Cc1c(Cl)cccc1C(F)(F)F. The molecule has 0 aliphatic carbocycles. The number of nitrogens with two attached hydrogens (primary N) is 1. The van der Waals surface area contributed by atoms with Gasteiger partial charge < -0.3 is 11.1 Å². The van der Waals surface area contributed by atoms with Crippen LogP contribution in [0.4, 0.5) is 24.5 Å². The maximum atomic E-state index is 12.2. The highest BCUT2D eigenvalue weighted by Crippen LogP contribution is 2.33. The van der Waals surface area contributed by atoms with E-state index in [0.29, 0.717) is 10.3 Å². The van der Waals surface area contributed by atoms with Crippen molar-refractivity contribution in [1.29, 1.82) is 5.41 Å². The number of carbonyl (C=O) groups excluding carboxylic acids is 1. The van der Waals surface area contributed by atoms with Gasteiger partial charge in [0.2, 0.25) is 0 Å². The first kappa shape index (κ1) is 21.0. The first-order valence-electron chi connectivity index (χ1n) is 6.74. The number of anilines is 2. The van der Waals surface area contributed by atoms with Crippen LogP contribution in [0.2, 0.25) is 5.02 Å². The molecule has 0 saturated carbocycles. The molecule has 0 aliphatic heterocycles. The van der Waals surface area contributed by atoms with Crippen molar-refractivity contribution in [2.75, 3.05) is 18.1 Å². The Labute approximate surface area is 155 Å². The molecule has 25 heavy (non-hydrogen) atoms. The summed E-state index contributed by atoms with van der Waals surface area (Å²) < 4.78 is 36.9. The highest BCUT2D eigenvalue weighted by Gasteiger charge is 2.33. The molecule has 2 aromatic rings. The van der Waals surface area contributed by atoms with E-state index in [0.717, 1.165) is 23.4 Å². The lowest BCUT2D eigenvalue weighted by Gasteiger charge is -2.09. The van der Waals surface area contributed by atoms with Gasteiger partial charge in [-0.15, -0.1) is 0 Å². The van der Waals surface area contributed by atoms with Gasteiger partial charge in [-0.25, -0.2) is 0 Å². The fourth-order valence-corrected chi connectivity index (χ4v) is 2.43. The monoisotopic (exact) mass is 435 g/mol. The van der Waals surface area contributed by atoms with E-state index in [1.165, 1.54) is 6.07 Å². The fraction of sp³-hybridized carbons (Fsp3) is 0.125. The molecule has 0 aromatic heterocycles. The second-order valence-corrected chi connectivity index (χ2v) is 5.89. The van der Waals surface area contributed by atoms with Crippen LogP contribution in [0, 0.1) is 5.41 Å². The highest BCUT2D eigenvalue weighted by molar-refractivity contribution is 9.18. The molecule has 0 aliphatic rings. The van der Waals surface area contributed by atoms with E-state index in [-0.39, 0.29) is 11.3 Å². The minimum Gasteiger partial charge on any atom is -0.399 e. The first-order chi connectivity index (χ1) is 11.6. The van der Waals surface area contributed by atoms with E-state index < -0.39 is 17.3 Å². The molecule has 134 valence electrons. The molecular formula is C16H14BrClF3N3O. The number of nitrogens with one attached hydrogen (secondary N) is 2. The number of nitrogen functional groups attached to an aromatic ring is 1. The number of rotatable bonds is 3. The minimum atomic E-state index is -4.54. The standard InChI is InChI=1S/C8H10BrN3.C8H4ClF3O/c1-12-7-4-5(10)2-3-6(7)8(9)11;9-7-3-1-2-6(5(7)4-13)8(10,11)12/h2-4,11-12H,10H2,1H3;1-4H. The number of carbonyl (C=O) groups is 1. The summed E-state index contributed by atoms with van der Waals surface area (Å²) in [6.07, 6.45) is -4.44. The number of halogens is 5. The highest BCUT2D eigenvalue weighted by atomic mass is 79.9. The predicted molar refractivity (Wildman–Crippen MR) is 98.0 cm³/mol. The van der Waals surface area contributed by atoms with Crippen LogP contribution < -0.4 is 11.1 Å². The quantitative estimate of drug-likeness (QED) is 0.351. The van der Waals surface area contributed by atoms with E-state index in [2.05, 4.69) is 21.2 Å². The van der Waals surface area contributed by atoms with Crippen LogP contribution in [0.25, 0.3) is 0 Å². The maximum absolute atomic E-state index is 12.2. The van der Waals surface area contributed by atoms with Gasteiger partial charge in [-0.1, -0.05) is 17.7 Å². The average molecular weight is 437 g/mol. The lowest BCUT2D eigenvalue weighted by molar-refractivity contribution is -0.137. The molecule has 0 bridgehead atoms. The van der Waals surface area contributed by atoms with E-state index in [1.54, 1.807) is 25.2 Å². The summed E-state index contributed by atoms with van der Waals surface area (Å²) in [7, 11) is 1.80. The molecule has 2 aromatic carbocycles. The predicted octanol–water partition coefficient (Wildman–Crippen LogP) is 5.20. The Kier molecular flexibility index (Phi) is 7.44. The molecule has 0 fully saturated rings. The Balaban J connectivity index is 0.000000251. The molecule has 4 N–H and O–H groups in total. The summed E-state index contributed by atoms with van der Waals surface area (Å²) in [4.78, 5) is 10.3. The van der Waals surface area contributed by atoms with Crippen molar-refractivity contribution in [3.8, 4) is 0 Å². The number of hydrogen-bond acceptors (Lipinski definition) is 4. The van der Waals surface area contributed by atoms with Crippen LogP contribution in [0.1, 0.15) is 21.5 Å². The third-order valence-electron chi connectivity index (χ3n) is 3.03. The Morgan fingerprint density at radius 1 is 1.32 bits per heavy atom. The molecular weight excluding hydrogens is 423 g/mol. The molecule has 0 spiro atoms. The molecule has 9 heteroatoms. The second kappa shape index (κ2) is 8.87. The third-order valence-corrected chi connectivity index (χ3v) is 3.78. The molecule has 4 nitrogen and oxygen atoms in total. The van der Waals surface area contributed by atoms with Gasteiger partial charge in [0.05, 0.1) is 10.6 Å². The Morgan fingerprint density at radius 3 is 2.40 bits per heavy atom. The van der Waals surface area contributed by atoms with Gasteiger partial charge in [0.1, 0.15) is 4.62 Å². The fourth-order valence-electron chi connectivity index (χ4n) is 1.86. The summed E-state index contributed by atoms with van der Waals surface area (Å²) in [6, 6.07) is 8.57. The molecule has 2 rings (SSSR count). The van der Waals surface area contributed by atoms with Crippen LogP contribution in [-0.2, 0) is 6.18 Å². The number of aldehydes is 1. The van der Waals surface area contributed by atoms with Crippen LogP contribution in [0.3, 0.4) is 0 Å². The van der Waals surface area contributed by atoms with Crippen LogP contribution in [0.5, 0.6) is 0 Å². The summed E-state index contributed by atoms with van der Waals surface area (Å²) in [5.41, 5.74) is 6.42. The summed E-state index contributed by atoms with van der Waals surface area (Å²) >= 11 is 8.51. The molecule has 0 radical (unpaired) electrons. The lowest BCUT2D eigenvalue weighted by atomic mass is 10.1. The van der Waals surface area contributed by atoms with Gasteiger partial charge in [0.25, 0.3) is 0 Å². The van der Waals surface area contributed by atoms with Crippen molar-refractivity contribution < 1.29 is 18.0 Å². The second-order valence-electron chi connectivity index (χ2n) is 4.69. The Morgan fingerprint density at radius 2 is 1.96 bits per heavy atom. The molecule has 0 saturated heterocycles. The van der Waals surface area contributed by atoms with Crippen molar-refractivity contribution in [2.24, 2.45) is 0 Å². The van der Waals surface area contributed by atoms with Crippen molar-refractivity contribution >= 4 is 49.8 Å². The number of benzene rings is 2. The van der Waals surface area contributed by atoms with Crippen molar-refractivity contribution in [1.82, 2.24) is 0 Å². The normalized spacial score (nSPS) is 10.5. The van der Waals surface area contributed by atoms with Crippen LogP contribution >= 0.6 is 27.5 Å². The smallest absolute Gasteiger partial charge is 0.399 e. The molecule has 0 atom stereocenters. The summed E-state index contributed by atoms with van der Waals surface area (Å²) in [5, 5.41) is 10.2. The van der Waals surface area contributed by atoms with Crippen molar-refractivity contribution in [3.63, 3.8) is 0 Å². The van der Waals surface area contributed by atoms with E-state index in [4.69, 9.17) is 22.7 Å². The maximum Gasteiger partial charge on any atom is 0.417 e. The Hall–Kier alpha value is -2.06. The largest absolute Gasteiger partial charge is 0.417 e. The molecule has 0 amide bonds. The van der Waals surface area contributed by atoms with Gasteiger partial charge in [0.15, 0.2) is 6.29 Å². The van der Waals surface area contributed by atoms with E-state index in [1.807, 2.05) is 0 Å². The zero-order chi connectivity index (χ0) is 19.2. The van der Waals surface area contributed by atoms with Gasteiger partial charge >= 0.3 is 6.18 Å². The van der Waals surface area contributed by atoms with Gasteiger partial charge in [-0.05, 0) is 46.3 Å². The number of alkyl halides is 3. The number of hydrogen-bond donors (Lipinski definition) is 3. The lowest BCUT2D eigenvalue weighted by Crippen LogP contribution is -2.08. The zero-order valence-electron chi connectivity index (χ0n) is 12.9. The van der Waals surface area contributed by atoms with Crippen molar-refractivity contribution in [3.05, 3.63) is 58.1 Å². The van der Waals surface area contributed by atoms with Crippen molar-refractivity contribution in [2.45, 2.75) is 6.18 Å². The first-order valence-corrected chi connectivity index (χ1v) is 7.91. The van der Waals surface area contributed by atoms with Gasteiger partial charge in [-0.3, -0.25) is 10.2 Å². The van der Waals surface area contributed by atoms with Gasteiger partial charge in [-0.2, -0.15) is 13.2 Å². The van der Waals surface area contributed by atoms with E-state index >= 15 is 0 Å². The summed E-state index contributed by atoms with van der Waals surface area (Å²) in [5.74, 6) is 0. The van der Waals surface area contributed by atoms with E-state index in [9.17, 15) is 18.0 Å². The van der Waals surface area contributed by atoms with Gasteiger partial charge in [0, 0.05) is 29.5 Å². The topological polar surface area (TPSA) is 79.0 Å². The Bertz CT molecular complexity index is 782. The van der Waals surface area contributed by atoms with Crippen LogP contribution in [-0.4, -0.2) is 18.0 Å². The average Bonchev–Trinajstić information content (AvgIpc) is 2.53. The third kappa shape index (κ3) is 5.75. The molecule has 0 heterocycles.